The van der Waals surface area contributed by atoms with Crippen LogP contribution in [0.4, 0.5) is 0 Å². The number of rotatable bonds is 4. The van der Waals surface area contributed by atoms with Crippen LogP contribution in [-0.2, 0) is 0 Å². The molecule has 0 amide bonds. The number of hydrogen-bond donors (Lipinski definition) is 2. The molecule has 0 saturated heterocycles. The monoisotopic (exact) mass is 242 g/mol. The first-order valence-electron chi connectivity index (χ1n) is 4.77. The minimum Gasteiger partial charge on any atom is -0.384 e. The highest BCUT2D eigenvalue weighted by atomic mass is 35.5. The summed E-state index contributed by atoms with van der Waals surface area (Å²) in [6.45, 7) is 4.34. The number of amidine groups is 1. The predicted octanol–water partition coefficient (Wildman–Crippen LogP) is 3.37. The second-order valence-electron chi connectivity index (χ2n) is 3.76. The molecule has 0 saturated carbocycles. The van der Waals surface area contributed by atoms with Gasteiger partial charge >= 0.3 is 0 Å². The van der Waals surface area contributed by atoms with Gasteiger partial charge in [-0.2, -0.15) is 0 Å². The van der Waals surface area contributed by atoms with Gasteiger partial charge in [-0.05, 0) is 18.1 Å². The first-order chi connectivity index (χ1) is 7.00. The van der Waals surface area contributed by atoms with E-state index in [4.69, 9.17) is 22.7 Å². The lowest BCUT2D eigenvalue weighted by molar-refractivity contribution is 0.750. The molecule has 0 aromatic heterocycles. The maximum absolute atomic E-state index is 7.29. The van der Waals surface area contributed by atoms with Crippen LogP contribution in [0.5, 0.6) is 0 Å². The third-order valence-electron chi connectivity index (χ3n) is 1.82. The summed E-state index contributed by atoms with van der Waals surface area (Å²) in [4.78, 5) is 1.05. The van der Waals surface area contributed by atoms with Crippen LogP contribution < -0.4 is 5.73 Å². The van der Waals surface area contributed by atoms with E-state index in [0.717, 1.165) is 10.6 Å². The highest BCUT2D eigenvalue weighted by molar-refractivity contribution is 7.99. The van der Waals surface area contributed by atoms with E-state index >= 15 is 0 Å². The lowest BCUT2D eigenvalue weighted by Gasteiger charge is -2.07. The molecule has 1 aromatic carbocycles. The van der Waals surface area contributed by atoms with E-state index in [9.17, 15) is 0 Å². The van der Waals surface area contributed by atoms with Gasteiger partial charge in [0.25, 0.3) is 0 Å². The van der Waals surface area contributed by atoms with Crippen LogP contribution in [0.1, 0.15) is 19.4 Å². The third-order valence-corrected chi connectivity index (χ3v) is 3.74. The average Bonchev–Trinajstić information content (AvgIpc) is 2.15. The number of nitrogen functional groups attached to an aromatic ring is 1. The van der Waals surface area contributed by atoms with E-state index in [1.165, 1.54) is 0 Å². The van der Waals surface area contributed by atoms with Gasteiger partial charge in [0.2, 0.25) is 0 Å². The lowest BCUT2D eigenvalue weighted by atomic mass is 10.2. The Bertz CT molecular complexity index is 364. The van der Waals surface area contributed by atoms with Crippen molar-refractivity contribution in [1.29, 1.82) is 5.41 Å². The van der Waals surface area contributed by atoms with Gasteiger partial charge in [-0.3, -0.25) is 5.41 Å². The minimum absolute atomic E-state index is 0.0531. The standard InChI is InChI=1S/C11H15ClN2S/c1-7(2)6-15-10-4-3-8(11(13)14)5-9(10)12/h3-5,7H,6H2,1-2H3,(H3,13,14). The summed E-state index contributed by atoms with van der Waals surface area (Å²) in [6.07, 6.45) is 0. The number of benzene rings is 1. The Labute approximate surface area is 99.7 Å². The zero-order valence-corrected chi connectivity index (χ0v) is 10.5. The van der Waals surface area contributed by atoms with Gasteiger partial charge in [0, 0.05) is 16.2 Å². The zero-order chi connectivity index (χ0) is 11.4. The molecule has 82 valence electrons. The summed E-state index contributed by atoms with van der Waals surface area (Å²) in [5.41, 5.74) is 6.05. The molecular weight excluding hydrogens is 228 g/mol. The lowest BCUT2D eigenvalue weighted by Crippen LogP contribution is -2.10. The van der Waals surface area contributed by atoms with Gasteiger partial charge in [-0.1, -0.05) is 31.5 Å². The van der Waals surface area contributed by atoms with Crippen molar-refractivity contribution in [2.24, 2.45) is 11.7 Å². The van der Waals surface area contributed by atoms with Crippen LogP contribution in [-0.4, -0.2) is 11.6 Å². The number of thioether (sulfide) groups is 1. The van der Waals surface area contributed by atoms with E-state index in [2.05, 4.69) is 13.8 Å². The maximum atomic E-state index is 7.29. The molecule has 0 heterocycles. The van der Waals surface area contributed by atoms with Crippen LogP contribution >= 0.6 is 23.4 Å². The number of halogens is 1. The Morgan fingerprint density at radius 2 is 2.20 bits per heavy atom. The fraction of sp³-hybridized carbons (Fsp3) is 0.364. The van der Waals surface area contributed by atoms with E-state index in [0.29, 0.717) is 16.5 Å². The molecule has 0 atom stereocenters. The van der Waals surface area contributed by atoms with Gasteiger partial charge < -0.3 is 5.73 Å². The molecular formula is C11H15ClN2S. The van der Waals surface area contributed by atoms with Crippen molar-refractivity contribution in [3.05, 3.63) is 28.8 Å². The van der Waals surface area contributed by atoms with Gasteiger partial charge in [0.15, 0.2) is 0 Å². The number of hydrogen-bond acceptors (Lipinski definition) is 2. The minimum atomic E-state index is 0.0531. The molecule has 0 unspecified atom stereocenters. The average molecular weight is 243 g/mol. The van der Waals surface area contributed by atoms with Crippen molar-refractivity contribution in [2.45, 2.75) is 18.7 Å². The maximum Gasteiger partial charge on any atom is 0.122 e. The summed E-state index contributed by atoms with van der Waals surface area (Å²) in [5, 5.41) is 7.96. The molecule has 15 heavy (non-hydrogen) atoms. The number of nitrogens with two attached hydrogens (primary N) is 1. The summed E-state index contributed by atoms with van der Waals surface area (Å²) in [5.74, 6) is 1.73. The van der Waals surface area contributed by atoms with Gasteiger partial charge in [-0.15, -0.1) is 11.8 Å². The molecule has 0 fully saturated rings. The van der Waals surface area contributed by atoms with Crippen LogP contribution in [0.2, 0.25) is 5.02 Å². The van der Waals surface area contributed by atoms with E-state index < -0.39 is 0 Å². The summed E-state index contributed by atoms with van der Waals surface area (Å²) in [6, 6.07) is 5.50. The van der Waals surface area contributed by atoms with Crippen molar-refractivity contribution < 1.29 is 0 Å². The van der Waals surface area contributed by atoms with Crippen LogP contribution in [0.15, 0.2) is 23.1 Å². The molecule has 0 radical (unpaired) electrons. The quantitative estimate of drug-likeness (QED) is 0.483. The van der Waals surface area contributed by atoms with Crippen molar-refractivity contribution >= 4 is 29.2 Å². The van der Waals surface area contributed by atoms with Gasteiger partial charge in [-0.25, -0.2) is 0 Å². The smallest absolute Gasteiger partial charge is 0.122 e. The van der Waals surface area contributed by atoms with Crippen molar-refractivity contribution in [3.63, 3.8) is 0 Å². The Morgan fingerprint density at radius 3 is 2.67 bits per heavy atom. The Balaban J connectivity index is 2.79. The molecule has 2 nitrogen and oxygen atoms in total. The molecule has 1 aromatic rings. The fourth-order valence-electron chi connectivity index (χ4n) is 1.04. The van der Waals surface area contributed by atoms with Gasteiger partial charge in [0.05, 0.1) is 5.02 Å². The van der Waals surface area contributed by atoms with Crippen LogP contribution in [0, 0.1) is 11.3 Å². The molecule has 4 heteroatoms. The molecule has 1 rings (SSSR count). The summed E-state index contributed by atoms with van der Waals surface area (Å²) < 4.78 is 0. The number of nitrogens with one attached hydrogen (secondary N) is 1. The first kappa shape index (κ1) is 12.4. The molecule has 0 bridgehead atoms. The first-order valence-corrected chi connectivity index (χ1v) is 6.14. The third kappa shape index (κ3) is 3.76. The normalized spacial score (nSPS) is 10.7. The summed E-state index contributed by atoms with van der Waals surface area (Å²) in [7, 11) is 0. The Hall–Kier alpha value is -0.670. The summed E-state index contributed by atoms with van der Waals surface area (Å²) >= 11 is 7.82. The van der Waals surface area contributed by atoms with Crippen molar-refractivity contribution in [1.82, 2.24) is 0 Å². The van der Waals surface area contributed by atoms with E-state index in [1.807, 2.05) is 12.1 Å². The van der Waals surface area contributed by atoms with Crippen LogP contribution in [0.3, 0.4) is 0 Å². The molecule has 3 N–H and O–H groups in total. The van der Waals surface area contributed by atoms with Crippen molar-refractivity contribution in [3.8, 4) is 0 Å². The molecule has 0 aliphatic heterocycles. The topological polar surface area (TPSA) is 49.9 Å². The molecule has 0 spiro atoms. The zero-order valence-electron chi connectivity index (χ0n) is 8.88. The second-order valence-corrected chi connectivity index (χ2v) is 5.23. The predicted molar refractivity (Wildman–Crippen MR) is 68.0 cm³/mol. The van der Waals surface area contributed by atoms with E-state index in [-0.39, 0.29) is 5.84 Å². The highest BCUT2D eigenvalue weighted by Gasteiger charge is 2.05. The van der Waals surface area contributed by atoms with E-state index in [1.54, 1.807) is 17.8 Å². The second kappa shape index (κ2) is 5.42. The molecule has 0 aliphatic rings. The molecule has 0 aliphatic carbocycles. The largest absolute Gasteiger partial charge is 0.384 e. The van der Waals surface area contributed by atoms with Crippen LogP contribution in [0.25, 0.3) is 0 Å². The highest BCUT2D eigenvalue weighted by Crippen LogP contribution is 2.29. The SMILES string of the molecule is CC(C)CSc1ccc(C(=N)N)cc1Cl. The van der Waals surface area contributed by atoms with Crippen molar-refractivity contribution in [2.75, 3.05) is 5.75 Å². The fourth-order valence-corrected chi connectivity index (χ4v) is 2.26. The Morgan fingerprint density at radius 1 is 1.53 bits per heavy atom. The van der Waals surface area contributed by atoms with Gasteiger partial charge in [0.1, 0.15) is 5.84 Å². The Kier molecular flexibility index (Phi) is 4.48.